The van der Waals surface area contributed by atoms with Gasteiger partial charge in [-0.25, -0.2) is 0 Å². The van der Waals surface area contributed by atoms with Crippen LogP contribution in [0.2, 0.25) is 0 Å². The van der Waals surface area contributed by atoms with Crippen molar-refractivity contribution in [3.05, 3.63) is 48.7 Å². The summed E-state index contributed by atoms with van der Waals surface area (Å²) in [4.78, 5) is 4.48. The van der Waals surface area contributed by atoms with Crippen molar-refractivity contribution in [1.29, 1.82) is 0 Å². The second kappa shape index (κ2) is 5.32. The molecule has 0 aliphatic carbocycles. The summed E-state index contributed by atoms with van der Waals surface area (Å²) in [6.45, 7) is 0. The Balaban J connectivity index is 2.21. The molecule has 1 aromatic heterocycles. The number of methoxy groups -OCH3 is 1. The molecule has 0 fully saturated rings. The van der Waals surface area contributed by atoms with Crippen molar-refractivity contribution in [3.63, 3.8) is 0 Å². The maximum Gasteiger partial charge on any atom is 0.161 e. The summed E-state index contributed by atoms with van der Waals surface area (Å²) in [7, 11) is 3.43. The van der Waals surface area contributed by atoms with Crippen LogP contribution in [0.3, 0.4) is 0 Å². The van der Waals surface area contributed by atoms with E-state index in [2.05, 4.69) is 10.3 Å². The van der Waals surface area contributed by atoms with Crippen molar-refractivity contribution in [1.82, 2.24) is 4.98 Å². The van der Waals surface area contributed by atoms with Crippen LogP contribution < -0.4 is 10.1 Å². The first-order chi connectivity index (χ1) is 10.2. The lowest BCUT2D eigenvalue weighted by molar-refractivity contribution is 0.374. The first kappa shape index (κ1) is 13.2. The van der Waals surface area contributed by atoms with E-state index in [9.17, 15) is 5.11 Å². The quantitative estimate of drug-likeness (QED) is 0.768. The molecule has 3 rings (SSSR count). The van der Waals surface area contributed by atoms with Crippen molar-refractivity contribution in [3.8, 4) is 22.8 Å². The van der Waals surface area contributed by atoms with Gasteiger partial charge in [-0.1, -0.05) is 12.1 Å². The Hall–Kier alpha value is -2.75. The van der Waals surface area contributed by atoms with Gasteiger partial charge < -0.3 is 15.2 Å². The number of hydrogen-bond donors (Lipinski definition) is 2. The summed E-state index contributed by atoms with van der Waals surface area (Å²) in [5, 5.41) is 14.9. The highest BCUT2D eigenvalue weighted by Crippen LogP contribution is 2.35. The number of aromatic hydroxyl groups is 1. The fourth-order valence-corrected chi connectivity index (χ4v) is 2.38. The summed E-state index contributed by atoms with van der Waals surface area (Å²) < 4.78 is 5.19. The second-order valence-corrected chi connectivity index (χ2v) is 4.73. The number of pyridine rings is 1. The molecular formula is C17H16N2O2. The smallest absolute Gasteiger partial charge is 0.161 e. The summed E-state index contributed by atoms with van der Waals surface area (Å²) in [6, 6.07) is 13.4. The Labute approximate surface area is 123 Å². The van der Waals surface area contributed by atoms with E-state index in [1.54, 1.807) is 19.4 Å². The average Bonchev–Trinajstić information content (AvgIpc) is 2.53. The van der Waals surface area contributed by atoms with Crippen molar-refractivity contribution in [2.75, 3.05) is 19.5 Å². The van der Waals surface area contributed by atoms with Crippen LogP contribution in [0.4, 0.5) is 5.69 Å². The second-order valence-electron chi connectivity index (χ2n) is 4.73. The number of fused-ring (bicyclic) bond motifs is 1. The number of nitrogens with zero attached hydrogens (tertiary/aromatic N) is 1. The van der Waals surface area contributed by atoms with Gasteiger partial charge in [0, 0.05) is 29.9 Å². The summed E-state index contributed by atoms with van der Waals surface area (Å²) >= 11 is 0. The third-order valence-electron chi connectivity index (χ3n) is 3.51. The molecule has 0 aliphatic heterocycles. The van der Waals surface area contributed by atoms with Gasteiger partial charge in [0.05, 0.1) is 12.8 Å². The number of benzene rings is 2. The molecule has 0 spiro atoms. The molecule has 0 saturated heterocycles. The SMILES string of the molecule is CNc1ccc(-c2nccc3cc(O)c(OC)cc23)cc1. The number of anilines is 1. The van der Waals surface area contributed by atoms with E-state index in [4.69, 9.17) is 4.74 Å². The molecule has 2 N–H and O–H groups in total. The molecule has 0 unspecified atom stereocenters. The van der Waals surface area contributed by atoms with Gasteiger partial charge in [-0.3, -0.25) is 4.98 Å². The molecule has 2 aromatic carbocycles. The van der Waals surface area contributed by atoms with E-state index in [1.807, 2.05) is 43.4 Å². The molecule has 21 heavy (non-hydrogen) atoms. The largest absolute Gasteiger partial charge is 0.504 e. The molecular weight excluding hydrogens is 264 g/mol. The molecule has 0 bridgehead atoms. The first-order valence-electron chi connectivity index (χ1n) is 6.67. The maximum atomic E-state index is 9.88. The van der Waals surface area contributed by atoms with Gasteiger partial charge in [-0.15, -0.1) is 0 Å². The van der Waals surface area contributed by atoms with Crippen molar-refractivity contribution >= 4 is 16.5 Å². The number of phenolic OH excluding ortho intramolecular Hbond substituents is 1. The van der Waals surface area contributed by atoms with Crippen LogP contribution in [0.15, 0.2) is 48.7 Å². The highest BCUT2D eigenvalue weighted by molar-refractivity contribution is 5.96. The molecule has 1 heterocycles. The van der Waals surface area contributed by atoms with Gasteiger partial charge in [0.1, 0.15) is 0 Å². The number of nitrogens with one attached hydrogen (secondary N) is 1. The lowest BCUT2D eigenvalue weighted by Crippen LogP contribution is -1.90. The first-order valence-corrected chi connectivity index (χ1v) is 6.67. The summed E-state index contributed by atoms with van der Waals surface area (Å²) in [5.74, 6) is 0.580. The van der Waals surface area contributed by atoms with Crippen LogP contribution in [0, 0.1) is 0 Å². The lowest BCUT2D eigenvalue weighted by atomic mass is 10.0. The van der Waals surface area contributed by atoms with E-state index >= 15 is 0 Å². The van der Waals surface area contributed by atoms with Crippen molar-refractivity contribution in [2.24, 2.45) is 0 Å². The zero-order valence-corrected chi connectivity index (χ0v) is 11.9. The minimum Gasteiger partial charge on any atom is -0.504 e. The lowest BCUT2D eigenvalue weighted by Gasteiger charge is -2.10. The zero-order valence-electron chi connectivity index (χ0n) is 11.9. The zero-order chi connectivity index (χ0) is 14.8. The van der Waals surface area contributed by atoms with Gasteiger partial charge in [-0.05, 0) is 35.7 Å². The molecule has 0 aliphatic rings. The fraction of sp³-hybridized carbons (Fsp3) is 0.118. The van der Waals surface area contributed by atoms with Crippen molar-refractivity contribution in [2.45, 2.75) is 0 Å². The minimum absolute atomic E-state index is 0.132. The highest BCUT2D eigenvalue weighted by Gasteiger charge is 2.10. The summed E-state index contributed by atoms with van der Waals surface area (Å²) in [5.41, 5.74) is 2.94. The Kier molecular flexibility index (Phi) is 3.36. The topological polar surface area (TPSA) is 54.4 Å². The monoisotopic (exact) mass is 280 g/mol. The van der Waals surface area contributed by atoms with E-state index < -0.39 is 0 Å². The van der Waals surface area contributed by atoms with E-state index in [0.29, 0.717) is 5.75 Å². The molecule has 4 heteroatoms. The number of aromatic nitrogens is 1. The average molecular weight is 280 g/mol. The molecule has 0 atom stereocenters. The molecule has 0 radical (unpaired) electrons. The van der Waals surface area contributed by atoms with Crippen molar-refractivity contribution < 1.29 is 9.84 Å². The fourth-order valence-electron chi connectivity index (χ4n) is 2.38. The predicted molar refractivity (Wildman–Crippen MR) is 84.9 cm³/mol. The number of rotatable bonds is 3. The van der Waals surface area contributed by atoms with Gasteiger partial charge in [0.25, 0.3) is 0 Å². The molecule has 4 nitrogen and oxygen atoms in total. The Morgan fingerprint density at radius 1 is 1.10 bits per heavy atom. The third kappa shape index (κ3) is 2.36. The predicted octanol–water partition coefficient (Wildman–Crippen LogP) is 3.66. The van der Waals surface area contributed by atoms with Gasteiger partial charge in [0.2, 0.25) is 0 Å². The minimum atomic E-state index is 0.132. The van der Waals surface area contributed by atoms with Crippen LogP contribution in [0.5, 0.6) is 11.5 Å². The van der Waals surface area contributed by atoms with Gasteiger partial charge >= 0.3 is 0 Å². The maximum absolute atomic E-state index is 9.88. The van der Waals surface area contributed by atoms with Crippen LogP contribution in [-0.2, 0) is 0 Å². The van der Waals surface area contributed by atoms with E-state index in [0.717, 1.165) is 27.7 Å². The van der Waals surface area contributed by atoms with Crippen LogP contribution >= 0.6 is 0 Å². The van der Waals surface area contributed by atoms with Gasteiger partial charge in [-0.2, -0.15) is 0 Å². The Morgan fingerprint density at radius 2 is 1.86 bits per heavy atom. The summed E-state index contributed by atoms with van der Waals surface area (Å²) in [6.07, 6.45) is 1.75. The number of hydrogen-bond acceptors (Lipinski definition) is 4. The normalized spacial score (nSPS) is 10.6. The Morgan fingerprint density at radius 3 is 2.52 bits per heavy atom. The van der Waals surface area contributed by atoms with Crippen LogP contribution in [0.25, 0.3) is 22.0 Å². The van der Waals surface area contributed by atoms with Crippen LogP contribution in [-0.4, -0.2) is 24.2 Å². The standard InChI is InChI=1S/C17H16N2O2/c1-18-13-5-3-11(4-6-13)17-14-10-16(21-2)15(20)9-12(14)7-8-19-17/h3-10,18,20H,1-2H3. The molecule has 106 valence electrons. The molecule has 0 saturated carbocycles. The molecule has 0 amide bonds. The molecule has 3 aromatic rings. The van der Waals surface area contributed by atoms with E-state index in [1.165, 1.54) is 0 Å². The van der Waals surface area contributed by atoms with E-state index in [-0.39, 0.29) is 5.75 Å². The highest BCUT2D eigenvalue weighted by atomic mass is 16.5. The van der Waals surface area contributed by atoms with Crippen LogP contribution in [0.1, 0.15) is 0 Å². The third-order valence-corrected chi connectivity index (χ3v) is 3.51. The number of phenols is 1. The Bertz CT molecular complexity index is 783. The number of ether oxygens (including phenoxy) is 1. The van der Waals surface area contributed by atoms with Gasteiger partial charge in [0.15, 0.2) is 11.5 Å².